The molecule has 0 radical (unpaired) electrons. The Morgan fingerprint density at radius 1 is 1.45 bits per heavy atom. The van der Waals surface area contributed by atoms with Crippen molar-refractivity contribution in [3.63, 3.8) is 0 Å². The largest absolute Gasteiger partial charge is 0.369 e. The summed E-state index contributed by atoms with van der Waals surface area (Å²) in [6.45, 7) is 2.12. The molecule has 1 aliphatic rings. The van der Waals surface area contributed by atoms with Gasteiger partial charge in [0, 0.05) is 25.1 Å². The number of likely N-dealkylation sites (tertiary alicyclic amines) is 1. The lowest BCUT2D eigenvalue weighted by molar-refractivity contribution is -0.384. The zero-order chi connectivity index (χ0) is 14.9. The molecule has 0 aliphatic carbocycles. The minimum absolute atomic E-state index is 0.00344. The number of benzene rings is 1. The first-order chi connectivity index (χ1) is 9.40. The van der Waals surface area contributed by atoms with Crippen molar-refractivity contribution in [1.82, 2.24) is 4.90 Å². The molecule has 2 rings (SSSR count). The van der Waals surface area contributed by atoms with Crippen molar-refractivity contribution < 1.29 is 14.5 Å². The number of hydrogen-bond donors (Lipinski definition) is 1. The van der Waals surface area contributed by atoms with Gasteiger partial charge in [0.25, 0.3) is 5.69 Å². The van der Waals surface area contributed by atoms with E-state index in [4.69, 9.17) is 5.73 Å². The number of nitrogens with two attached hydrogens (primary N) is 1. The fraction of sp³-hybridized carbons (Fsp3) is 0.385. The van der Waals surface area contributed by atoms with Gasteiger partial charge in [-0.3, -0.25) is 19.7 Å². The van der Waals surface area contributed by atoms with Crippen LogP contribution in [0.1, 0.15) is 24.9 Å². The van der Waals surface area contributed by atoms with Crippen LogP contribution in [-0.2, 0) is 9.59 Å². The lowest BCUT2D eigenvalue weighted by atomic mass is 10.1. The summed E-state index contributed by atoms with van der Waals surface area (Å²) in [5.74, 6) is -1.06. The first-order valence-electron chi connectivity index (χ1n) is 6.23. The highest BCUT2D eigenvalue weighted by Gasteiger charge is 2.35. The van der Waals surface area contributed by atoms with Gasteiger partial charge in [-0.25, -0.2) is 0 Å². The SMILES string of the molecule is C[C@@H](c1ccc([N+](=O)[O-])cc1)N1CC(C(N)=O)CC1=O. The van der Waals surface area contributed by atoms with E-state index in [0.717, 1.165) is 5.56 Å². The van der Waals surface area contributed by atoms with Gasteiger partial charge in [-0.1, -0.05) is 12.1 Å². The van der Waals surface area contributed by atoms with E-state index in [0.29, 0.717) is 6.54 Å². The van der Waals surface area contributed by atoms with Crippen molar-refractivity contribution in [1.29, 1.82) is 0 Å². The molecule has 20 heavy (non-hydrogen) atoms. The highest BCUT2D eigenvalue weighted by molar-refractivity contribution is 5.88. The van der Waals surface area contributed by atoms with Crippen LogP contribution in [0.4, 0.5) is 5.69 Å². The standard InChI is InChI=1S/C13H15N3O4/c1-8(9-2-4-11(5-3-9)16(19)20)15-7-10(13(14)18)6-12(15)17/h2-5,8,10H,6-7H2,1H3,(H2,14,18)/t8-,10?/m0/s1. The Morgan fingerprint density at radius 3 is 2.50 bits per heavy atom. The van der Waals surface area contributed by atoms with Crippen molar-refractivity contribution in [2.75, 3.05) is 6.54 Å². The summed E-state index contributed by atoms with van der Waals surface area (Å²) in [7, 11) is 0. The van der Waals surface area contributed by atoms with Crippen LogP contribution in [0.2, 0.25) is 0 Å². The summed E-state index contributed by atoms with van der Waals surface area (Å²) in [4.78, 5) is 34.7. The first-order valence-corrected chi connectivity index (χ1v) is 6.23. The topological polar surface area (TPSA) is 107 Å². The van der Waals surface area contributed by atoms with Gasteiger partial charge in [0.15, 0.2) is 0 Å². The molecule has 0 spiro atoms. The van der Waals surface area contributed by atoms with Gasteiger partial charge >= 0.3 is 0 Å². The van der Waals surface area contributed by atoms with Crippen molar-refractivity contribution in [3.8, 4) is 0 Å². The molecule has 1 saturated heterocycles. The van der Waals surface area contributed by atoms with E-state index in [9.17, 15) is 19.7 Å². The van der Waals surface area contributed by atoms with Gasteiger partial charge in [-0.2, -0.15) is 0 Å². The number of nitro groups is 1. The second kappa shape index (κ2) is 5.28. The van der Waals surface area contributed by atoms with Crippen LogP contribution in [0.5, 0.6) is 0 Å². The molecule has 1 aliphatic heterocycles. The Labute approximate surface area is 115 Å². The fourth-order valence-electron chi connectivity index (χ4n) is 2.35. The Kier molecular flexibility index (Phi) is 3.69. The van der Waals surface area contributed by atoms with Gasteiger partial charge < -0.3 is 10.6 Å². The van der Waals surface area contributed by atoms with Crippen LogP contribution in [0, 0.1) is 16.0 Å². The third kappa shape index (κ3) is 2.61. The average molecular weight is 277 g/mol. The molecule has 7 nitrogen and oxygen atoms in total. The number of amides is 2. The Hall–Kier alpha value is -2.44. The summed E-state index contributed by atoms with van der Waals surface area (Å²) in [5, 5.41) is 10.6. The fourth-order valence-corrected chi connectivity index (χ4v) is 2.35. The molecule has 0 saturated carbocycles. The van der Waals surface area contributed by atoms with Gasteiger partial charge in [-0.15, -0.1) is 0 Å². The Morgan fingerprint density at radius 2 is 2.05 bits per heavy atom. The average Bonchev–Trinajstić information content (AvgIpc) is 2.80. The maximum Gasteiger partial charge on any atom is 0.269 e. The molecule has 2 atom stereocenters. The molecular weight excluding hydrogens is 262 g/mol. The van der Waals surface area contributed by atoms with Crippen LogP contribution < -0.4 is 5.73 Å². The number of hydrogen-bond acceptors (Lipinski definition) is 4. The zero-order valence-electron chi connectivity index (χ0n) is 11.0. The quantitative estimate of drug-likeness (QED) is 0.654. The maximum absolute atomic E-state index is 11.9. The van der Waals surface area contributed by atoms with Gasteiger partial charge in [0.05, 0.1) is 16.9 Å². The van der Waals surface area contributed by atoms with Crippen LogP contribution in [0.15, 0.2) is 24.3 Å². The van der Waals surface area contributed by atoms with Crippen LogP contribution >= 0.6 is 0 Å². The highest BCUT2D eigenvalue weighted by Crippen LogP contribution is 2.29. The molecule has 0 aromatic heterocycles. The van der Waals surface area contributed by atoms with Crippen molar-refractivity contribution in [2.45, 2.75) is 19.4 Å². The predicted octanol–water partition coefficient (Wildman–Crippen LogP) is 0.990. The van der Waals surface area contributed by atoms with Gasteiger partial charge in [0.1, 0.15) is 0 Å². The number of carbonyl (C=O) groups excluding carboxylic acids is 2. The number of rotatable bonds is 4. The smallest absolute Gasteiger partial charge is 0.269 e. The summed E-state index contributed by atoms with van der Waals surface area (Å²) in [5.41, 5.74) is 6.01. The summed E-state index contributed by atoms with van der Waals surface area (Å²) in [6.07, 6.45) is 0.132. The molecule has 1 unspecified atom stereocenters. The van der Waals surface area contributed by atoms with Crippen molar-refractivity contribution in [3.05, 3.63) is 39.9 Å². The minimum Gasteiger partial charge on any atom is -0.369 e. The zero-order valence-corrected chi connectivity index (χ0v) is 11.0. The third-order valence-corrected chi connectivity index (χ3v) is 3.61. The molecule has 2 N–H and O–H groups in total. The van der Waals surface area contributed by atoms with E-state index >= 15 is 0 Å². The second-order valence-electron chi connectivity index (χ2n) is 4.87. The number of primary amides is 1. The lowest BCUT2D eigenvalue weighted by Gasteiger charge is -2.24. The molecular formula is C13H15N3O4. The predicted molar refractivity (Wildman–Crippen MR) is 70.5 cm³/mol. The molecule has 1 aromatic carbocycles. The van der Waals surface area contributed by atoms with E-state index in [1.807, 2.05) is 6.92 Å². The van der Waals surface area contributed by atoms with E-state index in [2.05, 4.69) is 0 Å². The van der Waals surface area contributed by atoms with Gasteiger partial charge in [0.2, 0.25) is 11.8 Å². The molecule has 0 bridgehead atoms. The van der Waals surface area contributed by atoms with Crippen molar-refractivity contribution >= 4 is 17.5 Å². The molecule has 1 fully saturated rings. The maximum atomic E-state index is 11.9. The Balaban J connectivity index is 2.15. The molecule has 1 heterocycles. The van der Waals surface area contributed by atoms with Crippen LogP contribution in [-0.4, -0.2) is 28.2 Å². The van der Waals surface area contributed by atoms with Crippen LogP contribution in [0.25, 0.3) is 0 Å². The number of carbonyl (C=O) groups is 2. The van der Waals surface area contributed by atoms with E-state index in [1.54, 1.807) is 17.0 Å². The van der Waals surface area contributed by atoms with Crippen molar-refractivity contribution in [2.24, 2.45) is 11.7 Å². The monoisotopic (exact) mass is 277 g/mol. The minimum atomic E-state index is -0.475. The highest BCUT2D eigenvalue weighted by atomic mass is 16.6. The van der Waals surface area contributed by atoms with E-state index in [1.165, 1.54) is 12.1 Å². The summed E-state index contributed by atoms with van der Waals surface area (Å²) < 4.78 is 0. The molecule has 7 heteroatoms. The first kappa shape index (κ1) is 14.0. The van der Waals surface area contributed by atoms with Gasteiger partial charge in [-0.05, 0) is 12.5 Å². The van der Waals surface area contributed by atoms with E-state index < -0.39 is 16.7 Å². The number of non-ortho nitro benzene ring substituents is 1. The normalized spacial score (nSPS) is 19.9. The van der Waals surface area contributed by atoms with E-state index in [-0.39, 0.29) is 24.1 Å². The van der Waals surface area contributed by atoms with Crippen LogP contribution in [0.3, 0.4) is 0 Å². The molecule has 106 valence electrons. The lowest BCUT2D eigenvalue weighted by Crippen LogP contribution is -2.30. The Bertz CT molecular complexity index is 555. The number of nitro benzene ring substituents is 1. The summed E-state index contributed by atoms with van der Waals surface area (Å²) in [6, 6.07) is 5.80. The second-order valence-corrected chi connectivity index (χ2v) is 4.87. The molecule has 1 aromatic rings. The summed E-state index contributed by atoms with van der Waals surface area (Å²) >= 11 is 0. The third-order valence-electron chi connectivity index (χ3n) is 3.61. The number of nitrogens with zero attached hydrogens (tertiary/aromatic N) is 2. The molecule has 2 amide bonds.